The molecule has 2 aliphatic rings. The summed E-state index contributed by atoms with van der Waals surface area (Å²) >= 11 is 6.14. The highest BCUT2D eigenvalue weighted by Gasteiger charge is 2.35. The van der Waals surface area contributed by atoms with E-state index in [9.17, 15) is 19.3 Å². The van der Waals surface area contributed by atoms with Crippen LogP contribution in [-0.4, -0.2) is 21.9 Å². The van der Waals surface area contributed by atoms with Gasteiger partial charge in [-0.25, -0.2) is 4.39 Å². The molecular weight excluding hydrogens is 395 g/mol. The maximum atomic E-state index is 14.1. The van der Waals surface area contributed by atoms with E-state index in [4.69, 9.17) is 21.7 Å². The van der Waals surface area contributed by atoms with E-state index in [0.29, 0.717) is 5.75 Å². The molecule has 0 atom stereocenters. The highest BCUT2D eigenvalue weighted by atomic mass is 32.2. The van der Waals surface area contributed by atoms with E-state index in [1.54, 1.807) is 6.07 Å². The van der Waals surface area contributed by atoms with Crippen molar-refractivity contribution in [1.82, 2.24) is 0 Å². The predicted octanol–water partition coefficient (Wildman–Crippen LogP) is 3.87. The third kappa shape index (κ3) is 3.02. The molecule has 7 nitrogen and oxygen atoms in total. The van der Waals surface area contributed by atoms with Crippen LogP contribution in [0.2, 0.25) is 0 Å². The number of nitro groups is 1. The van der Waals surface area contributed by atoms with Gasteiger partial charge in [0, 0.05) is 0 Å². The van der Waals surface area contributed by atoms with Crippen LogP contribution in [0.1, 0.15) is 5.56 Å². The van der Waals surface area contributed by atoms with Crippen molar-refractivity contribution >= 4 is 51.7 Å². The molecule has 0 saturated carbocycles. The molecule has 10 heteroatoms. The van der Waals surface area contributed by atoms with E-state index in [0.717, 1.165) is 16.7 Å². The van der Waals surface area contributed by atoms with Crippen LogP contribution < -0.4 is 14.4 Å². The van der Waals surface area contributed by atoms with Crippen molar-refractivity contribution in [1.29, 1.82) is 0 Å². The van der Waals surface area contributed by atoms with Gasteiger partial charge in [-0.1, -0.05) is 36.1 Å². The van der Waals surface area contributed by atoms with Crippen LogP contribution in [0.15, 0.2) is 41.3 Å². The molecule has 0 bridgehead atoms. The number of fused-ring (bicyclic) bond motifs is 1. The molecule has 1 amide bonds. The zero-order chi connectivity index (χ0) is 19.1. The number of rotatable bonds is 3. The monoisotopic (exact) mass is 404 g/mol. The number of halogens is 1. The molecule has 4 rings (SSSR count). The second-order valence-corrected chi connectivity index (χ2v) is 7.17. The van der Waals surface area contributed by atoms with E-state index < -0.39 is 16.6 Å². The molecule has 0 aliphatic carbocycles. The number of hydrogen-bond acceptors (Lipinski definition) is 7. The molecule has 27 heavy (non-hydrogen) atoms. The van der Waals surface area contributed by atoms with Crippen LogP contribution in [0, 0.1) is 15.9 Å². The molecular formula is C17H9FN2O5S2. The number of nitrogens with zero attached hydrogens (tertiary/aromatic N) is 2. The average Bonchev–Trinajstić information content (AvgIpc) is 3.19. The van der Waals surface area contributed by atoms with E-state index in [1.807, 2.05) is 0 Å². The number of hydrogen-bond donors (Lipinski definition) is 0. The summed E-state index contributed by atoms with van der Waals surface area (Å²) in [5.74, 6) is -0.541. The van der Waals surface area contributed by atoms with Gasteiger partial charge in [0.25, 0.3) is 11.6 Å². The molecule has 0 aromatic heterocycles. The van der Waals surface area contributed by atoms with Crippen molar-refractivity contribution in [3.63, 3.8) is 0 Å². The number of anilines is 1. The molecule has 2 aliphatic heterocycles. The number of thiocarbonyl (C=S) groups is 1. The summed E-state index contributed by atoms with van der Waals surface area (Å²) in [6.45, 7) is -0.0364. The van der Waals surface area contributed by atoms with E-state index in [2.05, 4.69) is 0 Å². The number of carbonyl (C=O) groups is 1. The Morgan fingerprint density at radius 3 is 2.67 bits per heavy atom. The zero-order valence-corrected chi connectivity index (χ0v) is 15.0. The fourth-order valence-electron chi connectivity index (χ4n) is 2.67. The minimum Gasteiger partial charge on any atom is -0.454 e. The van der Waals surface area contributed by atoms with Crippen LogP contribution in [0.25, 0.3) is 6.08 Å². The van der Waals surface area contributed by atoms with Crippen LogP contribution >= 0.6 is 24.0 Å². The lowest BCUT2D eigenvalue weighted by molar-refractivity contribution is -0.385. The molecule has 2 aromatic carbocycles. The van der Waals surface area contributed by atoms with Crippen LogP contribution in [0.5, 0.6) is 11.5 Å². The highest BCUT2D eigenvalue weighted by molar-refractivity contribution is 8.27. The molecule has 1 saturated heterocycles. The van der Waals surface area contributed by atoms with Crippen molar-refractivity contribution < 1.29 is 23.6 Å². The van der Waals surface area contributed by atoms with Gasteiger partial charge in [-0.15, -0.1) is 0 Å². The van der Waals surface area contributed by atoms with Gasteiger partial charge in [0.2, 0.25) is 6.79 Å². The molecule has 0 radical (unpaired) electrons. The summed E-state index contributed by atoms with van der Waals surface area (Å²) in [5, 5.41) is 11.4. The Morgan fingerprint density at radius 2 is 1.96 bits per heavy atom. The molecule has 136 valence electrons. The largest absolute Gasteiger partial charge is 0.454 e. The number of nitro benzene ring substituents is 1. The Labute approximate surface area is 161 Å². The van der Waals surface area contributed by atoms with E-state index in [-0.39, 0.29) is 38.7 Å². The fourth-order valence-corrected chi connectivity index (χ4v) is 3.95. The Morgan fingerprint density at radius 1 is 1.26 bits per heavy atom. The third-order valence-electron chi connectivity index (χ3n) is 3.89. The Hall–Kier alpha value is -2.98. The Kier molecular flexibility index (Phi) is 4.28. The Bertz CT molecular complexity index is 1040. The van der Waals surface area contributed by atoms with Crippen LogP contribution in [-0.2, 0) is 4.79 Å². The van der Waals surface area contributed by atoms with Gasteiger partial charge in [-0.3, -0.25) is 19.8 Å². The molecule has 0 spiro atoms. The van der Waals surface area contributed by atoms with E-state index >= 15 is 0 Å². The van der Waals surface area contributed by atoms with Gasteiger partial charge in [0.15, 0.2) is 15.8 Å². The molecule has 0 unspecified atom stereocenters. The maximum Gasteiger partial charge on any atom is 0.280 e. The average molecular weight is 404 g/mol. The summed E-state index contributed by atoms with van der Waals surface area (Å²) in [7, 11) is 0. The van der Waals surface area contributed by atoms with Gasteiger partial charge in [0.1, 0.15) is 5.82 Å². The van der Waals surface area contributed by atoms with Crippen molar-refractivity contribution in [3.8, 4) is 11.5 Å². The quantitative estimate of drug-likeness (QED) is 0.332. The van der Waals surface area contributed by atoms with Crippen molar-refractivity contribution in [2.24, 2.45) is 0 Å². The van der Waals surface area contributed by atoms with Gasteiger partial charge in [0.05, 0.1) is 27.1 Å². The first-order valence-corrected chi connectivity index (χ1v) is 8.78. The van der Waals surface area contributed by atoms with Gasteiger partial charge >= 0.3 is 0 Å². The minimum atomic E-state index is -0.593. The first-order valence-electron chi connectivity index (χ1n) is 7.56. The smallest absolute Gasteiger partial charge is 0.280 e. The minimum absolute atomic E-state index is 0.0311. The first kappa shape index (κ1) is 17.4. The maximum absolute atomic E-state index is 14.1. The lowest BCUT2D eigenvalue weighted by Crippen LogP contribution is -2.28. The second-order valence-electron chi connectivity index (χ2n) is 5.49. The fraction of sp³-hybridized carbons (Fsp3) is 0.0588. The number of amides is 1. The van der Waals surface area contributed by atoms with E-state index in [1.165, 1.54) is 36.4 Å². The second kappa shape index (κ2) is 6.63. The number of ether oxygens (including phenoxy) is 2. The number of carbonyl (C=O) groups excluding carboxylic acids is 1. The standard InChI is InChI=1S/C17H9FN2O5S2/c18-10-3-1-2-4-11(10)19-16(21)15(27-17(19)26)6-9-5-13-14(25-8-24-13)7-12(9)20(22)23/h1-7H,8H2/b15-6-. The van der Waals surface area contributed by atoms with Crippen LogP contribution in [0.4, 0.5) is 15.8 Å². The predicted molar refractivity (Wildman–Crippen MR) is 101 cm³/mol. The topological polar surface area (TPSA) is 81.9 Å². The van der Waals surface area contributed by atoms with Crippen molar-refractivity contribution in [2.75, 3.05) is 11.7 Å². The summed E-state index contributed by atoms with van der Waals surface area (Å²) < 4.78 is 24.6. The lowest BCUT2D eigenvalue weighted by Gasteiger charge is -2.14. The van der Waals surface area contributed by atoms with Crippen molar-refractivity contribution in [3.05, 3.63) is 62.8 Å². The molecule has 2 aromatic rings. The summed E-state index contributed by atoms with van der Waals surface area (Å²) in [5.41, 5.74) is -0.0442. The van der Waals surface area contributed by atoms with Gasteiger partial charge < -0.3 is 9.47 Å². The molecule has 2 heterocycles. The first-order chi connectivity index (χ1) is 13.0. The molecule has 1 fully saturated rings. The summed E-state index contributed by atoms with van der Waals surface area (Å²) in [6, 6.07) is 8.42. The summed E-state index contributed by atoms with van der Waals surface area (Å²) in [4.78, 5) is 24.8. The lowest BCUT2D eigenvalue weighted by atomic mass is 10.1. The van der Waals surface area contributed by atoms with Gasteiger partial charge in [-0.05, 0) is 24.3 Å². The Balaban J connectivity index is 1.76. The van der Waals surface area contributed by atoms with Crippen LogP contribution in [0.3, 0.4) is 0 Å². The normalized spacial score (nSPS) is 17.1. The summed E-state index contributed by atoms with van der Waals surface area (Å²) in [6.07, 6.45) is 1.35. The zero-order valence-electron chi connectivity index (χ0n) is 13.4. The number of para-hydroxylation sites is 1. The molecule has 0 N–H and O–H groups in total. The van der Waals surface area contributed by atoms with Gasteiger partial charge in [-0.2, -0.15) is 0 Å². The van der Waals surface area contributed by atoms with Crippen molar-refractivity contribution in [2.45, 2.75) is 0 Å². The number of thioether (sulfide) groups is 1. The number of benzene rings is 2. The SMILES string of the molecule is O=C1/C(=C/c2cc3c(cc2[N+](=O)[O-])OCO3)SC(=S)N1c1ccccc1F. The third-order valence-corrected chi connectivity index (χ3v) is 5.19. The highest BCUT2D eigenvalue weighted by Crippen LogP contribution is 2.41.